The Morgan fingerprint density at radius 2 is 1.81 bits per heavy atom. The summed E-state index contributed by atoms with van der Waals surface area (Å²) in [6, 6.07) is 8.62. The lowest BCUT2D eigenvalue weighted by Crippen LogP contribution is -2.17. The molecule has 0 unspecified atom stereocenters. The maximum Gasteiger partial charge on any atom is 0.251 e. The summed E-state index contributed by atoms with van der Waals surface area (Å²) in [5.74, 6) is 1.04. The standard InChI is InChI=1S/C16H17ClN2O2/c1-9-6-12(17)7-10(2)15(9)21-14-5-4-11(8-13(14)18)16(20)19-3/h4-8H,18H2,1-3H3,(H,19,20). The number of aryl methyl sites for hydroxylation is 2. The Morgan fingerprint density at radius 3 is 2.33 bits per heavy atom. The van der Waals surface area contributed by atoms with Gasteiger partial charge < -0.3 is 15.8 Å². The van der Waals surface area contributed by atoms with E-state index < -0.39 is 0 Å². The predicted octanol–water partition coefficient (Wildman–Crippen LogP) is 3.69. The quantitative estimate of drug-likeness (QED) is 0.850. The Morgan fingerprint density at radius 1 is 1.19 bits per heavy atom. The zero-order valence-electron chi connectivity index (χ0n) is 12.2. The molecule has 0 radical (unpaired) electrons. The third-order valence-electron chi connectivity index (χ3n) is 3.14. The van der Waals surface area contributed by atoms with E-state index in [-0.39, 0.29) is 5.91 Å². The molecule has 0 aliphatic rings. The second-order valence-electron chi connectivity index (χ2n) is 4.80. The molecule has 0 aliphatic carbocycles. The van der Waals surface area contributed by atoms with Crippen LogP contribution in [0.2, 0.25) is 5.02 Å². The summed E-state index contributed by atoms with van der Waals surface area (Å²) in [4.78, 5) is 11.6. The topological polar surface area (TPSA) is 64.3 Å². The predicted molar refractivity (Wildman–Crippen MR) is 85.2 cm³/mol. The van der Waals surface area contributed by atoms with Crippen molar-refractivity contribution in [2.45, 2.75) is 13.8 Å². The van der Waals surface area contributed by atoms with Gasteiger partial charge in [0.25, 0.3) is 5.91 Å². The molecule has 0 bridgehead atoms. The lowest BCUT2D eigenvalue weighted by molar-refractivity contribution is 0.0963. The third-order valence-corrected chi connectivity index (χ3v) is 3.35. The van der Waals surface area contributed by atoms with Gasteiger partial charge in [0.1, 0.15) is 11.5 Å². The van der Waals surface area contributed by atoms with Crippen LogP contribution in [-0.2, 0) is 0 Å². The minimum absolute atomic E-state index is 0.188. The fourth-order valence-corrected chi connectivity index (χ4v) is 2.42. The van der Waals surface area contributed by atoms with E-state index >= 15 is 0 Å². The van der Waals surface area contributed by atoms with Gasteiger partial charge in [-0.25, -0.2) is 0 Å². The fourth-order valence-electron chi connectivity index (χ4n) is 2.10. The van der Waals surface area contributed by atoms with Crippen LogP contribution in [0.1, 0.15) is 21.5 Å². The Kier molecular flexibility index (Phi) is 4.38. The molecule has 2 rings (SSSR count). The van der Waals surface area contributed by atoms with Crippen LogP contribution in [-0.4, -0.2) is 13.0 Å². The van der Waals surface area contributed by atoms with E-state index in [4.69, 9.17) is 22.1 Å². The normalized spacial score (nSPS) is 10.3. The molecule has 0 heterocycles. The fraction of sp³-hybridized carbons (Fsp3) is 0.188. The monoisotopic (exact) mass is 304 g/mol. The summed E-state index contributed by atoms with van der Waals surface area (Å²) < 4.78 is 5.88. The molecule has 0 saturated heterocycles. The largest absolute Gasteiger partial charge is 0.455 e. The molecular formula is C16H17ClN2O2. The summed E-state index contributed by atoms with van der Waals surface area (Å²) in [6.45, 7) is 3.84. The highest BCUT2D eigenvalue weighted by Gasteiger charge is 2.11. The Labute approximate surface area is 128 Å². The first-order valence-electron chi connectivity index (χ1n) is 6.48. The average molecular weight is 305 g/mol. The number of ether oxygens (including phenoxy) is 1. The number of rotatable bonds is 3. The summed E-state index contributed by atoms with van der Waals surface area (Å²) in [6.07, 6.45) is 0. The van der Waals surface area contributed by atoms with Crippen LogP contribution in [0.4, 0.5) is 5.69 Å². The van der Waals surface area contributed by atoms with Crippen LogP contribution >= 0.6 is 11.6 Å². The van der Waals surface area contributed by atoms with Crippen molar-refractivity contribution in [3.05, 3.63) is 52.0 Å². The lowest BCUT2D eigenvalue weighted by atomic mass is 10.1. The highest BCUT2D eigenvalue weighted by molar-refractivity contribution is 6.30. The van der Waals surface area contributed by atoms with Gasteiger partial charge in [-0.15, -0.1) is 0 Å². The maximum absolute atomic E-state index is 11.6. The number of hydrogen-bond acceptors (Lipinski definition) is 3. The van der Waals surface area contributed by atoms with E-state index in [2.05, 4.69) is 5.32 Å². The molecule has 0 spiro atoms. The lowest BCUT2D eigenvalue weighted by Gasteiger charge is -2.14. The minimum Gasteiger partial charge on any atom is -0.455 e. The van der Waals surface area contributed by atoms with Gasteiger partial charge in [-0.3, -0.25) is 4.79 Å². The molecule has 3 N–H and O–H groups in total. The number of hydrogen-bond donors (Lipinski definition) is 2. The van der Waals surface area contributed by atoms with Crippen molar-refractivity contribution in [2.24, 2.45) is 0 Å². The highest BCUT2D eigenvalue weighted by atomic mass is 35.5. The van der Waals surface area contributed by atoms with Crippen LogP contribution in [0.15, 0.2) is 30.3 Å². The van der Waals surface area contributed by atoms with Gasteiger partial charge in [-0.2, -0.15) is 0 Å². The summed E-state index contributed by atoms with van der Waals surface area (Å²) >= 11 is 6.00. The molecule has 0 aromatic heterocycles. The first kappa shape index (κ1) is 15.2. The van der Waals surface area contributed by atoms with Gasteiger partial charge in [0, 0.05) is 17.6 Å². The minimum atomic E-state index is -0.188. The van der Waals surface area contributed by atoms with Crippen molar-refractivity contribution in [3.8, 4) is 11.5 Å². The number of carbonyl (C=O) groups is 1. The van der Waals surface area contributed by atoms with Crippen LogP contribution < -0.4 is 15.8 Å². The molecule has 0 atom stereocenters. The van der Waals surface area contributed by atoms with E-state index in [1.165, 1.54) is 0 Å². The number of nitrogen functional groups attached to an aromatic ring is 1. The second-order valence-corrected chi connectivity index (χ2v) is 5.24. The molecule has 1 amide bonds. The van der Waals surface area contributed by atoms with Gasteiger partial charge in [0.2, 0.25) is 0 Å². The van der Waals surface area contributed by atoms with Crippen molar-refractivity contribution in [1.29, 1.82) is 0 Å². The van der Waals surface area contributed by atoms with Gasteiger partial charge in [0.05, 0.1) is 5.69 Å². The van der Waals surface area contributed by atoms with Crippen molar-refractivity contribution < 1.29 is 9.53 Å². The average Bonchev–Trinajstić information content (AvgIpc) is 2.43. The van der Waals surface area contributed by atoms with Crippen molar-refractivity contribution in [2.75, 3.05) is 12.8 Å². The smallest absolute Gasteiger partial charge is 0.251 e. The highest BCUT2D eigenvalue weighted by Crippen LogP contribution is 2.34. The first-order chi connectivity index (χ1) is 9.92. The SMILES string of the molecule is CNC(=O)c1ccc(Oc2c(C)cc(Cl)cc2C)c(N)c1. The molecule has 5 heteroatoms. The van der Waals surface area contributed by atoms with E-state index in [9.17, 15) is 4.79 Å². The zero-order chi connectivity index (χ0) is 15.6. The molecule has 4 nitrogen and oxygen atoms in total. The van der Waals surface area contributed by atoms with Gasteiger partial charge in [-0.05, 0) is 55.3 Å². The van der Waals surface area contributed by atoms with Crippen molar-refractivity contribution in [1.82, 2.24) is 5.32 Å². The number of carbonyl (C=O) groups excluding carboxylic acids is 1. The molecule has 110 valence electrons. The molecule has 21 heavy (non-hydrogen) atoms. The van der Waals surface area contributed by atoms with Crippen molar-refractivity contribution >= 4 is 23.2 Å². The molecule has 0 fully saturated rings. The number of nitrogens with one attached hydrogen (secondary N) is 1. The van der Waals surface area contributed by atoms with Gasteiger partial charge >= 0.3 is 0 Å². The second kappa shape index (κ2) is 6.06. The molecule has 2 aromatic carbocycles. The third kappa shape index (κ3) is 3.28. The summed E-state index contributed by atoms with van der Waals surface area (Å²) in [5.41, 5.74) is 8.71. The van der Waals surface area contributed by atoms with E-state index in [1.807, 2.05) is 26.0 Å². The van der Waals surface area contributed by atoms with Crippen LogP contribution in [0.25, 0.3) is 0 Å². The number of nitrogens with two attached hydrogens (primary N) is 1. The number of anilines is 1. The van der Waals surface area contributed by atoms with E-state index in [1.54, 1.807) is 25.2 Å². The van der Waals surface area contributed by atoms with Crippen molar-refractivity contribution in [3.63, 3.8) is 0 Å². The first-order valence-corrected chi connectivity index (χ1v) is 6.86. The van der Waals surface area contributed by atoms with Gasteiger partial charge in [-0.1, -0.05) is 11.6 Å². The maximum atomic E-state index is 11.6. The molecular weight excluding hydrogens is 288 g/mol. The molecule has 0 saturated carbocycles. The molecule has 2 aromatic rings. The zero-order valence-corrected chi connectivity index (χ0v) is 12.9. The van der Waals surface area contributed by atoms with Gasteiger partial charge in [0.15, 0.2) is 0 Å². The summed E-state index contributed by atoms with van der Waals surface area (Å²) in [5, 5.41) is 3.22. The van der Waals surface area contributed by atoms with Crippen LogP contribution in [0.5, 0.6) is 11.5 Å². The number of amides is 1. The number of benzene rings is 2. The Balaban J connectivity index is 2.35. The number of halogens is 1. The van der Waals surface area contributed by atoms with E-state index in [0.29, 0.717) is 22.0 Å². The van der Waals surface area contributed by atoms with Crippen LogP contribution in [0, 0.1) is 13.8 Å². The Hall–Kier alpha value is -2.20. The summed E-state index contributed by atoms with van der Waals surface area (Å²) in [7, 11) is 1.57. The Bertz CT molecular complexity index is 676. The van der Waals surface area contributed by atoms with Crippen LogP contribution in [0.3, 0.4) is 0 Å². The van der Waals surface area contributed by atoms with E-state index in [0.717, 1.165) is 16.9 Å². The molecule has 0 aliphatic heterocycles.